The van der Waals surface area contributed by atoms with Crippen molar-refractivity contribution < 1.29 is 9.13 Å². The van der Waals surface area contributed by atoms with Crippen LogP contribution in [0, 0.1) is 12.7 Å². The minimum absolute atomic E-state index is 0.180. The molecule has 1 aromatic carbocycles. The first-order valence-electron chi connectivity index (χ1n) is 7.44. The summed E-state index contributed by atoms with van der Waals surface area (Å²) in [7, 11) is 0.549. The van der Waals surface area contributed by atoms with E-state index in [-0.39, 0.29) is 11.6 Å². The lowest BCUT2D eigenvalue weighted by Gasteiger charge is -2.11. The zero-order chi connectivity index (χ0) is 15.9. The van der Waals surface area contributed by atoms with Crippen LogP contribution in [-0.2, 0) is 0 Å². The Kier molecular flexibility index (Phi) is 6.60. The van der Waals surface area contributed by atoms with Crippen LogP contribution in [0.15, 0.2) is 30.5 Å². The van der Waals surface area contributed by atoms with E-state index < -0.39 is 0 Å². The zero-order valence-electron chi connectivity index (χ0n) is 12.8. The number of hydrogen-bond donors (Lipinski definition) is 0. The van der Waals surface area contributed by atoms with Gasteiger partial charge in [0.2, 0.25) is 0 Å². The van der Waals surface area contributed by atoms with Crippen LogP contribution in [0.2, 0.25) is 5.02 Å². The van der Waals surface area contributed by atoms with Gasteiger partial charge in [-0.15, -0.1) is 0 Å². The summed E-state index contributed by atoms with van der Waals surface area (Å²) in [6, 6.07) is 6.53. The fourth-order valence-corrected chi connectivity index (χ4v) is 3.48. The third-order valence-corrected chi connectivity index (χ3v) is 5.08. The molecular formula is C17H20ClFNOP. The van der Waals surface area contributed by atoms with Gasteiger partial charge in [0, 0.05) is 12.3 Å². The monoisotopic (exact) mass is 339 g/mol. The summed E-state index contributed by atoms with van der Waals surface area (Å²) in [5.41, 5.74) is 1.69. The van der Waals surface area contributed by atoms with Crippen LogP contribution in [0.5, 0.6) is 11.5 Å². The molecule has 0 saturated carbocycles. The maximum atomic E-state index is 13.9. The molecule has 2 aromatic rings. The molecule has 1 heterocycles. The summed E-state index contributed by atoms with van der Waals surface area (Å²) in [5.74, 6) is 0.246. The second kappa shape index (κ2) is 8.45. The number of unbranched alkanes of at least 4 members (excludes halogenated alkanes) is 2. The number of aryl methyl sites for hydroxylation is 1. The number of rotatable bonds is 7. The van der Waals surface area contributed by atoms with Gasteiger partial charge in [0.05, 0.1) is 5.44 Å². The molecule has 0 radical (unpaired) electrons. The Bertz CT molecular complexity index is 636. The highest BCUT2D eigenvalue weighted by molar-refractivity contribution is 7.47. The summed E-state index contributed by atoms with van der Waals surface area (Å²) >= 11 is 6.35. The molecule has 0 aliphatic carbocycles. The molecule has 1 unspecified atom stereocenters. The lowest BCUT2D eigenvalue weighted by atomic mass is 10.2. The van der Waals surface area contributed by atoms with Crippen molar-refractivity contribution in [1.82, 2.24) is 4.98 Å². The first-order valence-corrected chi connectivity index (χ1v) is 9.02. The van der Waals surface area contributed by atoms with E-state index in [9.17, 15) is 4.39 Å². The van der Waals surface area contributed by atoms with Gasteiger partial charge < -0.3 is 4.74 Å². The molecule has 0 N–H and O–H groups in total. The molecule has 1 atom stereocenters. The Hall–Kier alpha value is -1.18. The summed E-state index contributed by atoms with van der Waals surface area (Å²) in [4.78, 5) is 4.32. The van der Waals surface area contributed by atoms with E-state index in [0.717, 1.165) is 17.2 Å². The lowest BCUT2D eigenvalue weighted by Crippen LogP contribution is -2.05. The Morgan fingerprint density at radius 2 is 2.05 bits per heavy atom. The topological polar surface area (TPSA) is 22.1 Å². The van der Waals surface area contributed by atoms with Gasteiger partial charge in [0.15, 0.2) is 11.6 Å². The lowest BCUT2D eigenvalue weighted by molar-refractivity contribution is 0.442. The molecule has 2 nitrogen and oxygen atoms in total. The van der Waals surface area contributed by atoms with Crippen molar-refractivity contribution >= 4 is 25.6 Å². The first-order chi connectivity index (χ1) is 10.6. The average molecular weight is 340 g/mol. The number of pyridine rings is 1. The largest absolute Gasteiger partial charge is 0.453 e. The van der Waals surface area contributed by atoms with Crippen LogP contribution in [0.3, 0.4) is 0 Å². The molecule has 0 saturated heterocycles. The van der Waals surface area contributed by atoms with E-state index in [4.69, 9.17) is 16.3 Å². The zero-order valence-corrected chi connectivity index (χ0v) is 14.6. The van der Waals surface area contributed by atoms with E-state index in [1.54, 1.807) is 24.4 Å². The molecule has 22 heavy (non-hydrogen) atoms. The van der Waals surface area contributed by atoms with Crippen molar-refractivity contribution in [3.8, 4) is 11.5 Å². The Morgan fingerprint density at radius 3 is 2.77 bits per heavy atom. The number of benzene rings is 1. The van der Waals surface area contributed by atoms with Crippen LogP contribution in [0.25, 0.3) is 0 Å². The maximum absolute atomic E-state index is 13.9. The molecule has 2 rings (SSSR count). The highest BCUT2D eigenvalue weighted by atomic mass is 35.5. The third-order valence-electron chi connectivity index (χ3n) is 3.23. The standard InChI is InChI=1S/C17H20ClFNOP/c1-3-4-5-10-22-17-16(18)15(8-9-20-17)21-14-7-6-12(2)11-13(14)19/h6-9,11,22H,3-5,10H2,1-2H3. The number of aromatic nitrogens is 1. The predicted molar refractivity (Wildman–Crippen MR) is 92.8 cm³/mol. The van der Waals surface area contributed by atoms with E-state index in [2.05, 4.69) is 11.9 Å². The normalized spacial score (nSPS) is 11.3. The van der Waals surface area contributed by atoms with Gasteiger partial charge >= 0.3 is 0 Å². The maximum Gasteiger partial charge on any atom is 0.165 e. The van der Waals surface area contributed by atoms with E-state index in [1.165, 1.54) is 25.3 Å². The van der Waals surface area contributed by atoms with Gasteiger partial charge in [-0.3, -0.25) is 4.98 Å². The summed E-state index contributed by atoms with van der Waals surface area (Å²) < 4.78 is 19.5. The molecule has 5 heteroatoms. The smallest absolute Gasteiger partial charge is 0.165 e. The second-order valence-electron chi connectivity index (χ2n) is 5.14. The predicted octanol–water partition coefficient (Wildman–Crippen LogP) is 5.47. The Labute approximate surface area is 137 Å². The minimum atomic E-state index is -0.389. The Morgan fingerprint density at radius 1 is 1.23 bits per heavy atom. The fraction of sp³-hybridized carbons (Fsp3) is 0.353. The van der Waals surface area contributed by atoms with Gasteiger partial charge in [0.25, 0.3) is 0 Å². The van der Waals surface area contributed by atoms with Crippen molar-refractivity contribution in [3.05, 3.63) is 46.9 Å². The van der Waals surface area contributed by atoms with E-state index in [0.29, 0.717) is 19.4 Å². The van der Waals surface area contributed by atoms with Gasteiger partial charge in [-0.2, -0.15) is 0 Å². The highest BCUT2D eigenvalue weighted by Gasteiger charge is 2.12. The number of hydrogen-bond acceptors (Lipinski definition) is 2. The number of nitrogens with zero attached hydrogens (tertiary/aromatic N) is 1. The Balaban J connectivity index is 2.11. The molecule has 0 bridgehead atoms. The highest BCUT2D eigenvalue weighted by Crippen LogP contribution is 2.32. The van der Waals surface area contributed by atoms with Crippen LogP contribution >= 0.6 is 20.2 Å². The third kappa shape index (κ3) is 4.66. The second-order valence-corrected chi connectivity index (χ2v) is 6.85. The van der Waals surface area contributed by atoms with Gasteiger partial charge in [-0.05, 0) is 37.2 Å². The SMILES string of the molecule is CCCCCPc1nccc(Oc2ccc(C)cc2F)c1Cl. The van der Waals surface area contributed by atoms with Crippen LogP contribution < -0.4 is 10.2 Å². The van der Waals surface area contributed by atoms with Crippen LogP contribution in [0.1, 0.15) is 31.7 Å². The van der Waals surface area contributed by atoms with Crippen molar-refractivity contribution in [2.24, 2.45) is 0 Å². The first kappa shape index (κ1) is 17.2. The van der Waals surface area contributed by atoms with Crippen molar-refractivity contribution in [2.45, 2.75) is 33.1 Å². The quantitative estimate of drug-likeness (QED) is 0.493. The molecule has 0 spiro atoms. The molecule has 0 fully saturated rings. The molecule has 118 valence electrons. The van der Waals surface area contributed by atoms with E-state index >= 15 is 0 Å². The summed E-state index contributed by atoms with van der Waals surface area (Å²) in [5, 5.41) is 0.484. The van der Waals surface area contributed by atoms with Gasteiger partial charge in [-0.25, -0.2) is 4.39 Å². The van der Waals surface area contributed by atoms with Gasteiger partial charge in [0.1, 0.15) is 10.8 Å². The number of ether oxygens (including phenoxy) is 1. The van der Waals surface area contributed by atoms with E-state index in [1.807, 2.05) is 6.92 Å². The van der Waals surface area contributed by atoms with Crippen LogP contribution in [0.4, 0.5) is 4.39 Å². The summed E-state index contributed by atoms with van der Waals surface area (Å²) in [6.07, 6.45) is 6.32. The molecule has 0 aliphatic rings. The molecule has 0 aliphatic heterocycles. The molecule has 0 amide bonds. The average Bonchev–Trinajstić information content (AvgIpc) is 2.49. The van der Waals surface area contributed by atoms with Crippen LogP contribution in [-0.4, -0.2) is 11.1 Å². The summed E-state index contributed by atoms with van der Waals surface area (Å²) in [6.45, 7) is 4.01. The minimum Gasteiger partial charge on any atom is -0.453 e. The van der Waals surface area contributed by atoms with Gasteiger partial charge in [-0.1, -0.05) is 46.0 Å². The van der Waals surface area contributed by atoms with Crippen molar-refractivity contribution in [2.75, 3.05) is 6.16 Å². The molecule has 1 aromatic heterocycles. The fourth-order valence-electron chi connectivity index (χ4n) is 2.02. The molecular weight excluding hydrogens is 320 g/mol. The van der Waals surface area contributed by atoms with Crippen molar-refractivity contribution in [1.29, 1.82) is 0 Å². The number of halogens is 2. The van der Waals surface area contributed by atoms with Crippen molar-refractivity contribution in [3.63, 3.8) is 0 Å².